The summed E-state index contributed by atoms with van der Waals surface area (Å²) in [7, 11) is -3.67. The summed E-state index contributed by atoms with van der Waals surface area (Å²) < 4.78 is 33.7. The van der Waals surface area contributed by atoms with Crippen molar-refractivity contribution in [2.24, 2.45) is 0 Å². The first kappa shape index (κ1) is 16.6. The first-order valence-corrected chi connectivity index (χ1v) is 8.83. The molecule has 2 rings (SSSR count). The van der Waals surface area contributed by atoms with Crippen molar-refractivity contribution in [1.82, 2.24) is 0 Å². The number of rotatable bonds is 6. The third kappa shape index (κ3) is 4.11. The number of sulfonamides is 1. The van der Waals surface area contributed by atoms with Gasteiger partial charge in [0.15, 0.2) is 0 Å². The van der Waals surface area contributed by atoms with E-state index in [1.807, 2.05) is 6.92 Å². The van der Waals surface area contributed by atoms with Crippen molar-refractivity contribution in [2.75, 3.05) is 11.3 Å². The molecule has 0 fully saturated rings. The Labute approximate surface area is 139 Å². The van der Waals surface area contributed by atoms with Crippen LogP contribution in [-0.4, -0.2) is 15.0 Å². The van der Waals surface area contributed by atoms with E-state index >= 15 is 0 Å². The maximum Gasteiger partial charge on any atom is 0.262 e. The van der Waals surface area contributed by atoms with Gasteiger partial charge in [0, 0.05) is 4.47 Å². The Morgan fingerprint density at radius 2 is 1.91 bits per heavy atom. The molecule has 0 amide bonds. The van der Waals surface area contributed by atoms with Crippen molar-refractivity contribution in [3.05, 3.63) is 65.2 Å². The third-order valence-corrected chi connectivity index (χ3v) is 4.75. The van der Waals surface area contributed by atoms with Crippen molar-refractivity contribution in [3.8, 4) is 5.75 Å². The van der Waals surface area contributed by atoms with Crippen LogP contribution in [0.2, 0.25) is 0 Å². The van der Waals surface area contributed by atoms with Gasteiger partial charge in [-0.1, -0.05) is 46.3 Å². The lowest BCUT2D eigenvalue weighted by Crippen LogP contribution is -2.14. The highest BCUT2D eigenvalue weighted by Gasteiger charge is 2.16. The normalized spacial score (nSPS) is 11.0. The molecule has 0 bridgehead atoms. The standard InChI is InChI=1S/C16H16BrNO3S/c1-3-10-21-16-9-6-13(17)11-15(16)18-22(19,20)14-7-4-12(2)5-8-14/h3-9,11,18H,1,10H2,2H3. The van der Waals surface area contributed by atoms with Crippen molar-refractivity contribution < 1.29 is 13.2 Å². The number of benzene rings is 2. The number of anilines is 1. The molecule has 0 aliphatic heterocycles. The zero-order valence-corrected chi connectivity index (χ0v) is 14.4. The van der Waals surface area contributed by atoms with Crippen LogP contribution in [0.1, 0.15) is 5.56 Å². The molecule has 116 valence electrons. The van der Waals surface area contributed by atoms with Crippen LogP contribution in [0.3, 0.4) is 0 Å². The summed E-state index contributed by atoms with van der Waals surface area (Å²) in [5, 5.41) is 0. The van der Waals surface area contributed by atoms with E-state index < -0.39 is 10.0 Å². The Morgan fingerprint density at radius 1 is 1.23 bits per heavy atom. The Bertz CT molecular complexity index is 770. The van der Waals surface area contributed by atoms with Gasteiger partial charge in [-0.25, -0.2) is 8.42 Å². The monoisotopic (exact) mass is 381 g/mol. The second kappa shape index (κ2) is 6.98. The van der Waals surface area contributed by atoms with Crippen molar-refractivity contribution in [1.29, 1.82) is 0 Å². The maximum atomic E-state index is 12.4. The minimum atomic E-state index is -3.67. The van der Waals surface area contributed by atoms with E-state index in [-0.39, 0.29) is 4.90 Å². The molecule has 0 atom stereocenters. The first-order chi connectivity index (χ1) is 10.4. The highest BCUT2D eigenvalue weighted by atomic mass is 79.9. The summed E-state index contributed by atoms with van der Waals surface area (Å²) >= 11 is 3.33. The minimum absolute atomic E-state index is 0.202. The maximum absolute atomic E-state index is 12.4. The zero-order chi connectivity index (χ0) is 16.2. The Balaban J connectivity index is 2.34. The SMILES string of the molecule is C=CCOc1ccc(Br)cc1NS(=O)(=O)c1ccc(C)cc1. The largest absolute Gasteiger partial charge is 0.487 e. The fourth-order valence-electron chi connectivity index (χ4n) is 1.78. The molecule has 0 aliphatic rings. The molecule has 0 unspecified atom stereocenters. The van der Waals surface area contributed by atoms with E-state index in [0.29, 0.717) is 18.0 Å². The van der Waals surface area contributed by atoms with E-state index in [4.69, 9.17) is 4.74 Å². The van der Waals surface area contributed by atoms with E-state index in [1.54, 1.807) is 48.5 Å². The molecule has 0 aromatic heterocycles. The number of nitrogens with one attached hydrogen (secondary N) is 1. The van der Waals surface area contributed by atoms with Crippen LogP contribution in [0.25, 0.3) is 0 Å². The average Bonchev–Trinajstić information content (AvgIpc) is 2.46. The van der Waals surface area contributed by atoms with E-state index in [2.05, 4.69) is 27.2 Å². The van der Waals surface area contributed by atoms with Gasteiger partial charge in [-0.05, 0) is 37.3 Å². The molecule has 1 N–H and O–H groups in total. The second-order valence-electron chi connectivity index (χ2n) is 4.66. The van der Waals surface area contributed by atoms with Gasteiger partial charge in [0.25, 0.3) is 10.0 Å². The number of ether oxygens (including phenoxy) is 1. The van der Waals surface area contributed by atoms with Gasteiger partial charge < -0.3 is 4.74 Å². The zero-order valence-electron chi connectivity index (χ0n) is 12.0. The summed E-state index contributed by atoms with van der Waals surface area (Å²) in [6, 6.07) is 11.8. The highest BCUT2D eigenvalue weighted by molar-refractivity contribution is 9.10. The fraction of sp³-hybridized carbons (Fsp3) is 0.125. The Morgan fingerprint density at radius 3 is 2.55 bits per heavy atom. The van der Waals surface area contributed by atoms with Crippen molar-refractivity contribution >= 4 is 31.6 Å². The molecule has 0 saturated carbocycles. The lowest BCUT2D eigenvalue weighted by Gasteiger charge is -2.13. The highest BCUT2D eigenvalue weighted by Crippen LogP contribution is 2.30. The summed E-state index contributed by atoms with van der Waals surface area (Å²) in [5.74, 6) is 0.443. The van der Waals surface area contributed by atoms with Crippen LogP contribution in [0.15, 0.2) is 64.5 Å². The molecule has 22 heavy (non-hydrogen) atoms. The average molecular weight is 382 g/mol. The molecule has 2 aromatic carbocycles. The molecular formula is C16H16BrNO3S. The summed E-state index contributed by atoms with van der Waals surface area (Å²) in [5.41, 5.74) is 1.37. The summed E-state index contributed by atoms with van der Waals surface area (Å²) in [6.45, 7) is 5.78. The Hall–Kier alpha value is -1.79. The Kier molecular flexibility index (Phi) is 5.26. The second-order valence-corrected chi connectivity index (χ2v) is 7.26. The fourth-order valence-corrected chi connectivity index (χ4v) is 3.20. The molecule has 0 saturated heterocycles. The lowest BCUT2D eigenvalue weighted by atomic mass is 10.2. The molecule has 6 heteroatoms. The smallest absolute Gasteiger partial charge is 0.262 e. The molecular weight excluding hydrogens is 366 g/mol. The number of halogens is 1. The van der Waals surface area contributed by atoms with Gasteiger partial charge in [0.2, 0.25) is 0 Å². The molecule has 0 aliphatic carbocycles. The lowest BCUT2D eigenvalue weighted by molar-refractivity contribution is 0.365. The van der Waals surface area contributed by atoms with Crippen molar-refractivity contribution in [3.63, 3.8) is 0 Å². The number of hydrogen-bond acceptors (Lipinski definition) is 3. The van der Waals surface area contributed by atoms with Crippen LogP contribution < -0.4 is 9.46 Å². The quantitative estimate of drug-likeness (QED) is 0.765. The molecule has 0 heterocycles. The van der Waals surface area contributed by atoms with Crippen molar-refractivity contribution in [2.45, 2.75) is 11.8 Å². The van der Waals surface area contributed by atoms with Crippen LogP contribution in [-0.2, 0) is 10.0 Å². The molecule has 0 radical (unpaired) electrons. The number of aryl methyl sites for hydroxylation is 1. The molecule has 2 aromatic rings. The van der Waals surface area contributed by atoms with Gasteiger partial charge in [-0.15, -0.1) is 0 Å². The summed E-state index contributed by atoms with van der Waals surface area (Å²) in [4.78, 5) is 0.202. The van der Waals surface area contributed by atoms with Crippen LogP contribution in [0.4, 0.5) is 5.69 Å². The van der Waals surface area contributed by atoms with Crippen LogP contribution >= 0.6 is 15.9 Å². The predicted octanol–water partition coefficient (Wildman–Crippen LogP) is 4.12. The van der Waals surface area contributed by atoms with E-state index in [1.165, 1.54) is 0 Å². The predicted molar refractivity (Wildman–Crippen MR) is 91.8 cm³/mol. The van der Waals surface area contributed by atoms with Gasteiger partial charge in [-0.3, -0.25) is 4.72 Å². The summed E-state index contributed by atoms with van der Waals surface area (Å²) in [6.07, 6.45) is 1.60. The minimum Gasteiger partial charge on any atom is -0.487 e. The molecule has 4 nitrogen and oxygen atoms in total. The van der Waals surface area contributed by atoms with Gasteiger partial charge in [0.05, 0.1) is 10.6 Å². The van der Waals surface area contributed by atoms with E-state index in [0.717, 1.165) is 10.0 Å². The van der Waals surface area contributed by atoms with Crippen LogP contribution in [0.5, 0.6) is 5.75 Å². The van der Waals surface area contributed by atoms with Crippen LogP contribution in [0, 0.1) is 6.92 Å². The van der Waals surface area contributed by atoms with Gasteiger partial charge in [0.1, 0.15) is 12.4 Å². The third-order valence-electron chi connectivity index (χ3n) is 2.87. The van der Waals surface area contributed by atoms with E-state index in [9.17, 15) is 8.42 Å². The number of hydrogen-bond donors (Lipinski definition) is 1. The molecule has 0 spiro atoms. The topological polar surface area (TPSA) is 55.4 Å². The van der Waals surface area contributed by atoms with Gasteiger partial charge >= 0.3 is 0 Å². The van der Waals surface area contributed by atoms with Gasteiger partial charge in [-0.2, -0.15) is 0 Å². The first-order valence-electron chi connectivity index (χ1n) is 6.55.